The summed E-state index contributed by atoms with van der Waals surface area (Å²) in [5.74, 6) is -1.40. The van der Waals surface area contributed by atoms with Gasteiger partial charge in [-0.1, -0.05) is 388 Å². The number of carbonyl (C=O) groups is 4. The van der Waals surface area contributed by atoms with Crippen molar-refractivity contribution >= 4 is 39.5 Å². The van der Waals surface area contributed by atoms with Crippen LogP contribution < -0.4 is 0 Å². The fraction of sp³-hybridized carbons (Fsp3) is 0.951. The Balaban J connectivity index is 5.20. The summed E-state index contributed by atoms with van der Waals surface area (Å²) in [6.07, 6.45) is 66.8. The summed E-state index contributed by atoms with van der Waals surface area (Å²) in [5.41, 5.74) is 0. The van der Waals surface area contributed by atoms with Gasteiger partial charge >= 0.3 is 39.5 Å². The maximum absolute atomic E-state index is 13.1. The summed E-state index contributed by atoms with van der Waals surface area (Å²) in [4.78, 5) is 73.0. The van der Waals surface area contributed by atoms with Gasteiger partial charge < -0.3 is 33.8 Å². The SMILES string of the molecule is CCCCCCCCCCCCCCCCCCCCCCCCC(=O)O[C@H](COC(=O)CCCCCCCCCCCCCCCCCCC)COP(=O)(O)OC[C@@H](O)COP(=O)(O)OC[C@@H](COC(=O)CCCCCCCCCC(C)C)OC(=O)CCCCCCCCCCCCCC. The Morgan fingerprint density at radius 1 is 0.267 bits per heavy atom. The minimum Gasteiger partial charge on any atom is -0.462 e. The van der Waals surface area contributed by atoms with E-state index in [-0.39, 0.29) is 25.7 Å². The van der Waals surface area contributed by atoms with E-state index < -0.39 is 97.5 Å². The average Bonchev–Trinajstić information content (AvgIpc) is 0.969. The summed E-state index contributed by atoms with van der Waals surface area (Å²) in [6, 6.07) is 0. The van der Waals surface area contributed by atoms with Crippen molar-refractivity contribution in [2.45, 2.75) is 457 Å². The van der Waals surface area contributed by atoms with Gasteiger partial charge in [-0.2, -0.15) is 0 Å². The van der Waals surface area contributed by atoms with Crippen molar-refractivity contribution in [1.29, 1.82) is 0 Å². The molecule has 0 saturated heterocycles. The van der Waals surface area contributed by atoms with E-state index in [2.05, 4.69) is 34.6 Å². The second-order valence-electron chi connectivity index (χ2n) is 30.0. The topological polar surface area (TPSA) is 237 Å². The smallest absolute Gasteiger partial charge is 0.462 e. The zero-order chi connectivity index (χ0) is 74.1. The van der Waals surface area contributed by atoms with Crippen molar-refractivity contribution in [1.82, 2.24) is 0 Å². The van der Waals surface area contributed by atoms with Gasteiger partial charge in [0.2, 0.25) is 0 Å². The third-order valence-electron chi connectivity index (χ3n) is 19.3. The van der Waals surface area contributed by atoms with Crippen molar-refractivity contribution in [3.8, 4) is 0 Å². The van der Waals surface area contributed by atoms with Gasteiger partial charge in [0, 0.05) is 25.7 Å². The van der Waals surface area contributed by atoms with Crippen molar-refractivity contribution < 1.29 is 80.2 Å². The van der Waals surface area contributed by atoms with E-state index in [1.54, 1.807) is 0 Å². The van der Waals surface area contributed by atoms with E-state index in [0.29, 0.717) is 31.6 Å². The van der Waals surface area contributed by atoms with E-state index in [9.17, 15) is 43.2 Å². The summed E-state index contributed by atoms with van der Waals surface area (Å²) in [6.45, 7) is 7.27. The maximum Gasteiger partial charge on any atom is 0.472 e. The Morgan fingerprint density at radius 3 is 0.673 bits per heavy atom. The predicted molar refractivity (Wildman–Crippen MR) is 414 cm³/mol. The molecule has 0 spiro atoms. The number of unbranched alkanes of at least 4 members (excludes halogenated alkanes) is 54. The molecule has 0 heterocycles. The maximum atomic E-state index is 13.1. The average molecular weight is 1480 g/mol. The quantitative estimate of drug-likeness (QED) is 0.0222. The van der Waals surface area contributed by atoms with Gasteiger partial charge in [-0.3, -0.25) is 37.3 Å². The number of hydrogen-bond donors (Lipinski definition) is 3. The van der Waals surface area contributed by atoms with Crippen LogP contribution in [-0.2, 0) is 65.4 Å². The summed E-state index contributed by atoms with van der Waals surface area (Å²) >= 11 is 0. The number of esters is 4. The first-order valence-electron chi connectivity index (χ1n) is 42.6. The van der Waals surface area contributed by atoms with Crippen molar-refractivity contribution in [2.24, 2.45) is 5.92 Å². The highest BCUT2D eigenvalue weighted by atomic mass is 31.2. The number of hydrogen-bond acceptors (Lipinski definition) is 15. The third kappa shape index (κ3) is 76.1. The number of aliphatic hydroxyl groups is 1. The fourth-order valence-electron chi connectivity index (χ4n) is 12.8. The van der Waals surface area contributed by atoms with E-state index in [1.165, 1.54) is 257 Å². The molecule has 0 aliphatic heterocycles. The lowest BCUT2D eigenvalue weighted by Gasteiger charge is -2.21. The van der Waals surface area contributed by atoms with Gasteiger partial charge in [0.15, 0.2) is 12.2 Å². The zero-order valence-corrected chi connectivity index (χ0v) is 67.8. The van der Waals surface area contributed by atoms with Crippen LogP contribution in [0.15, 0.2) is 0 Å². The van der Waals surface area contributed by atoms with Gasteiger partial charge in [0.1, 0.15) is 19.3 Å². The zero-order valence-electron chi connectivity index (χ0n) is 66.1. The molecule has 0 aromatic heterocycles. The minimum atomic E-state index is -4.96. The molecular formula is C82H160O17P2. The van der Waals surface area contributed by atoms with Crippen LogP contribution >= 0.6 is 15.6 Å². The van der Waals surface area contributed by atoms with Crippen LogP contribution in [0.3, 0.4) is 0 Å². The molecule has 0 aromatic rings. The number of aliphatic hydroxyl groups excluding tert-OH is 1. The van der Waals surface area contributed by atoms with E-state index in [4.69, 9.17) is 37.0 Å². The lowest BCUT2D eigenvalue weighted by atomic mass is 10.0. The Bertz CT molecular complexity index is 1930. The van der Waals surface area contributed by atoms with E-state index >= 15 is 0 Å². The number of carbonyl (C=O) groups excluding carboxylic acids is 4. The minimum absolute atomic E-state index is 0.107. The predicted octanol–water partition coefficient (Wildman–Crippen LogP) is 24.8. The van der Waals surface area contributed by atoms with Crippen LogP contribution in [0.25, 0.3) is 0 Å². The molecule has 0 bridgehead atoms. The number of ether oxygens (including phenoxy) is 4. The first-order chi connectivity index (χ1) is 49.0. The van der Waals surface area contributed by atoms with Gasteiger partial charge in [0.05, 0.1) is 26.4 Å². The largest absolute Gasteiger partial charge is 0.472 e. The Hall–Kier alpha value is -1.94. The first-order valence-corrected chi connectivity index (χ1v) is 45.6. The normalized spacial score (nSPS) is 13.8. The number of phosphoric acid groups is 2. The molecule has 3 N–H and O–H groups in total. The molecule has 17 nitrogen and oxygen atoms in total. The van der Waals surface area contributed by atoms with Crippen molar-refractivity contribution in [3.63, 3.8) is 0 Å². The molecule has 0 radical (unpaired) electrons. The van der Waals surface area contributed by atoms with Crippen LogP contribution in [0.5, 0.6) is 0 Å². The fourth-order valence-corrected chi connectivity index (χ4v) is 14.3. The molecule has 2 unspecified atom stereocenters. The number of phosphoric ester groups is 2. The Kier molecular flexibility index (Phi) is 73.5. The first kappa shape index (κ1) is 99.1. The molecule has 600 valence electrons. The second kappa shape index (κ2) is 74.9. The Labute approximate surface area is 619 Å². The molecular weight excluding hydrogens is 1320 g/mol. The number of rotatable bonds is 82. The summed E-state index contributed by atoms with van der Waals surface area (Å²) < 4.78 is 68.7. The second-order valence-corrected chi connectivity index (χ2v) is 32.9. The monoisotopic (exact) mass is 1480 g/mol. The molecule has 0 aromatic carbocycles. The molecule has 0 rings (SSSR count). The van der Waals surface area contributed by atoms with Gasteiger partial charge in [-0.15, -0.1) is 0 Å². The van der Waals surface area contributed by atoms with Gasteiger partial charge in [0.25, 0.3) is 0 Å². The molecule has 101 heavy (non-hydrogen) atoms. The molecule has 0 aliphatic rings. The molecule has 0 saturated carbocycles. The lowest BCUT2D eigenvalue weighted by Crippen LogP contribution is -2.30. The van der Waals surface area contributed by atoms with Crippen molar-refractivity contribution in [2.75, 3.05) is 39.6 Å². The van der Waals surface area contributed by atoms with E-state index in [1.807, 2.05) is 0 Å². The Morgan fingerprint density at radius 2 is 0.455 bits per heavy atom. The van der Waals surface area contributed by atoms with Crippen LogP contribution in [0, 0.1) is 5.92 Å². The molecule has 0 fully saturated rings. The summed E-state index contributed by atoms with van der Waals surface area (Å²) in [5, 5.41) is 10.6. The highest BCUT2D eigenvalue weighted by Gasteiger charge is 2.30. The van der Waals surface area contributed by atoms with Crippen LogP contribution in [0.1, 0.15) is 439 Å². The molecule has 5 atom stereocenters. The van der Waals surface area contributed by atoms with Gasteiger partial charge in [-0.05, 0) is 31.6 Å². The standard InChI is InChI=1S/C82H160O17P2/c1-6-9-12-15-18-21-24-27-29-31-32-33-34-35-37-39-41-44-47-52-58-63-68-82(87)98-77(71-92-79(84)65-60-55-50-45-43-40-38-36-30-28-25-22-19-16-13-10-7-2)73-96-100(88,89)94-69-76(83)70-95-101(90,91)97-74-78(72-93-80(85)66-61-56-53-48-49-54-59-64-75(4)5)99-81(86)67-62-57-51-46-42-26-23-20-17-14-11-8-3/h75-78,83H,6-74H2,1-5H3,(H,88,89)(H,90,91)/t76-,77-,78-/m1/s1. The van der Waals surface area contributed by atoms with Crippen LogP contribution in [0.4, 0.5) is 0 Å². The molecule has 0 amide bonds. The third-order valence-corrected chi connectivity index (χ3v) is 21.2. The lowest BCUT2D eigenvalue weighted by molar-refractivity contribution is -0.161. The highest BCUT2D eigenvalue weighted by molar-refractivity contribution is 7.47. The highest BCUT2D eigenvalue weighted by Crippen LogP contribution is 2.45. The summed E-state index contributed by atoms with van der Waals surface area (Å²) in [7, 11) is -9.92. The van der Waals surface area contributed by atoms with E-state index in [0.717, 1.165) is 96.3 Å². The van der Waals surface area contributed by atoms with Gasteiger partial charge in [-0.25, -0.2) is 9.13 Å². The molecule has 19 heteroatoms. The van der Waals surface area contributed by atoms with Crippen LogP contribution in [0.2, 0.25) is 0 Å². The molecule has 0 aliphatic carbocycles. The van der Waals surface area contributed by atoms with Crippen molar-refractivity contribution in [3.05, 3.63) is 0 Å². The van der Waals surface area contributed by atoms with Crippen LogP contribution in [-0.4, -0.2) is 96.7 Å².